The van der Waals surface area contributed by atoms with Gasteiger partial charge in [0.25, 0.3) is 0 Å². The lowest BCUT2D eigenvalue weighted by Gasteiger charge is -2.06. The van der Waals surface area contributed by atoms with Crippen LogP contribution in [0, 0.1) is 0 Å². The van der Waals surface area contributed by atoms with E-state index in [4.69, 9.17) is 19.2 Å². The number of aromatic amines is 1. The van der Waals surface area contributed by atoms with Crippen molar-refractivity contribution in [2.75, 3.05) is 13.4 Å². The second-order valence-electron chi connectivity index (χ2n) is 11.9. The summed E-state index contributed by atoms with van der Waals surface area (Å²) < 4.78 is 16.6. The smallest absolute Gasteiger partial charge is 0.338 e. The highest BCUT2D eigenvalue weighted by atomic mass is 16.7. The van der Waals surface area contributed by atoms with Gasteiger partial charge in [0, 0.05) is 17.3 Å². The van der Waals surface area contributed by atoms with Gasteiger partial charge >= 0.3 is 5.97 Å². The Kier molecular flexibility index (Phi) is 12.5. The highest BCUT2D eigenvalue weighted by molar-refractivity contribution is 5.90. The molecule has 0 spiro atoms. The van der Waals surface area contributed by atoms with Crippen molar-refractivity contribution < 1.29 is 19.0 Å². The third-order valence-corrected chi connectivity index (χ3v) is 8.40. The molecular formula is C38H47N3O4. The number of nitrogens with one attached hydrogen (secondary N) is 1. The van der Waals surface area contributed by atoms with Gasteiger partial charge < -0.3 is 19.2 Å². The van der Waals surface area contributed by atoms with Crippen molar-refractivity contribution >= 4 is 5.97 Å². The Morgan fingerprint density at radius 2 is 1.40 bits per heavy atom. The Morgan fingerprint density at radius 3 is 2.07 bits per heavy atom. The minimum atomic E-state index is -0.286. The summed E-state index contributed by atoms with van der Waals surface area (Å²) in [4.78, 5) is 25.6. The molecule has 7 nitrogen and oxygen atoms in total. The topological polar surface area (TPSA) is 86.3 Å². The molecule has 4 aromatic rings. The van der Waals surface area contributed by atoms with E-state index >= 15 is 0 Å². The molecule has 2 aromatic carbocycles. The first kappa shape index (κ1) is 32.3. The molecule has 0 amide bonds. The van der Waals surface area contributed by atoms with Gasteiger partial charge in [-0.25, -0.2) is 9.78 Å². The van der Waals surface area contributed by atoms with Crippen molar-refractivity contribution in [3.05, 3.63) is 72.4 Å². The summed E-state index contributed by atoms with van der Waals surface area (Å²) in [5, 5.41) is 0. The van der Waals surface area contributed by atoms with Crippen LogP contribution in [0.15, 0.2) is 66.9 Å². The van der Waals surface area contributed by atoms with Gasteiger partial charge in [0.1, 0.15) is 5.82 Å². The van der Waals surface area contributed by atoms with Crippen LogP contribution in [0.4, 0.5) is 0 Å². The van der Waals surface area contributed by atoms with Crippen LogP contribution >= 0.6 is 0 Å². The lowest BCUT2D eigenvalue weighted by Crippen LogP contribution is -2.06. The number of unbranched alkanes of at least 4 members (excludes halogenated alkanes) is 13. The standard InChI is InChI=1S/C38H47N3O4/c1-2-3-4-5-6-7-8-9-10-11-12-13-14-17-26-43-38(42)30-21-19-29(20-22-30)37-40-35(36(41-37)32-18-15-16-25-39-32)31-23-24-33-34(27-31)45-28-44-33/h15-16,18-25,27H,2-14,17,26,28H2,1H3,(H,40,41). The van der Waals surface area contributed by atoms with E-state index in [2.05, 4.69) is 16.9 Å². The van der Waals surface area contributed by atoms with E-state index in [1.54, 1.807) is 18.3 Å². The number of hydrogen-bond donors (Lipinski definition) is 1. The predicted molar refractivity (Wildman–Crippen MR) is 179 cm³/mol. The number of esters is 1. The molecule has 45 heavy (non-hydrogen) atoms. The number of hydrogen-bond acceptors (Lipinski definition) is 6. The van der Waals surface area contributed by atoms with Crippen molar-refractivity contribution in [3.63, 3.8) is 0 Å². The molecule has 0 saturated heterocycles. The van der Waals surface area contributed by atoms with E-state index in [1.165, 1.54) is 77.0 Å². The number of rotatable bonds is 19. The fraction of sp³-hybridized carbons (Fsp3) is 0.447. The van der Waals surface area contributed by atoms with Gasteiger partial charge in [0.05, 0.1) is 29.3 Å². The van der Waals surface area contributed by atoms with Gasteiger partial charge in [0.15, 0.2) is 11.5 Å². The maximum atomic E-state index is 12.7. The summed E-state index contributed by atoms with van der Waals surface area (Å²) in [6.07, 6.45) is 20.0. The maximum Gasteiger partial charge on any atom is 0.338 e. The first-order chi connectivity index (χ1) is 22.2. The number of H-pyrrole nitrogens is 1. The zero-order valence-electron chi connectivity index (χ0n) is 26.7. The first-order valence-electron chi connectivity index (χ1n) is 16.9. The molecule has 0 bridgehead atoms. The average molecular weight is 610 g/mol. The zero-order valence-corrected chi connectivity index (χ0v) is 26.7. The largest absolute Gasteiger partial charge is 0.462 e. The van der Waals surface area contributed by atoms with Crippen LogP contribution in [0.5, 0.6) is 11.5 Å². The van der Waals surface area contributed by atoms with Crippen LogP contribution in [-0.2, 0) is 4.74 Å². The van der Waals surface area contributed by atoms with Gasteiger partial charge in [-0.2, -0.15) is 0 Å². The quantitative estimate of drug-likeness (QED) is 0.0841. The first-order valence-corrected chi connectivity index (χ1v) is 16.9. The number of nitrogens with zero attached hydrogens (tertiary/aromatic N) is 2. The number of carbonyl (C=O) groups excluding carboxylic acids is 1. The minimum absolute atomic E-state index is 0.214. The molecule has 0 saturated carbocycles. The number of pyridine rings is 1. The van der Waals surface area contributed by atoms with E-state index in [0.29, 0.717) is 23.7 Å². The number of aromatic nitrogens is 3. The molecule has 5 rings (SSSR count). The predicted octanol–water partition coefficient (Wildman–Crippen LogP) is 10.2. The monoisotopic (exact) mass is 609 g/mol. The minimum Gasteiger partial charge on any atom is -0.462 e. The third kappa shape index (κ3) is 9.43. The fourth-order valence-electron chi connectivity index (χ4n) is 5.77. The number of benzene rings is 2. The second-order valence-corrected chi connectivity index (χ2v) is 11.9. The van der Waals surface area contributed by atoms with Crippen LogP contribution in [0.1, 0.15) is 107 Å². The zero-order chi connectivity index (χ0) is 31.1. The molecular weight excluding hydrogens is 562 g/mol. The molecule has 2 aromatic heterocycles. The second kappa shape index (κ2) is 17.4. The van der Waals surface area contributed by atoms with Crippen LogP contribution < -0.4 is 9.47 Å². The van der Waals surface area contributed by atoms with Gasteiger partial charge in [-0.05, 0) is 48.9 Å². The van der Waals surface area contributed by atoms with Crippen molar-refractivity contribution in [2.45, 2.75) is 96.8 Å². The van der Waals surface area contributed by atoms with Gasteiger partial charge in [-0.15, -0.1) is 0 Å². The van der Waals surface area contributed by atoms with Crippen molar-refractivity contribution in [2.24, 2.45) is 0 Å². The number of fused-ring (bicyclic) bond motifs is 1. The Hall–Kier alpha value is -4.13. The number of ether oxygens (including phenoxy) is 3. The molecule has 0 unspecified atom stereocenters. The van der Waals surface area contributed by atoms with Gasteiger partial charge in [-0.3, -0.25) is 4.98 Å². The van der Waals surface area contributed by atoms with Gasteiger partial charge in [-0.1, -0.05) is 109 Å². The number of carbonyl (C=O) groups is 1. The Morgan fingerprint density at radius 1 is 0.756 bits per heavy atom. The molecule has 238 valence electrons. The third-order valence-electron chi connectivity index (χ3n) is 8.40. The normalized spacial score (nSPS) is 12.0. The summed E-state index contributed by atoms with van der Waals surface area (Å²) >= 11 is 0. The molecule has 0 fully saturated rings. The summed E-state index contributed by atoms with van der Waals surface area (Å²) in [7, 11) is 0. The fourth-order valence-corrected chi connectivity index (χ4v) is 5.77. The van der Waals surface area contributed by atoms with Crippen molar-refractivity contribution in [1.82, 2.24) is 15.0 Å². The van der Waals surface area contributed by atoms with Crippen LogP contribution in [0.3, 0.4) is 0 Å². The van der Waals surface area contributed by atoms with E-state index in [1.807, 2.05) is 48.5 Å². The van der Waals surface area contributed by atoms with E-state index in [0.717, 1.165) is 46.8 Å². The van der Waals surface area contributed by atoms with Crippen molar-refractivity contribution in [3.8, 4) is 45.5 Å². The summed E-state index contributed by atoms with van der Waals surface area (Å²) in [6, 6.07) is 19.0. The Balaban J connectivity index is 1.06. The summed E-state index contributed by atoms with van der Waals surface area (Å²) in [5.41, 5.74) is 4.65. The summed E-state index contributed by atoms with van der Waals surface area (Å²) in [5.74, 6) is 1.82. The lowest BCUT2D eigenvalue weighted by molar-refractivity contribution is 0.0497. The van der Waals surface area contributed by atoms with E-state index in [-0.39, 0.29) is 12.8 Å². The molecule has 7 heteroatoms. The SMILES string of the molecule is CCCCCCCCCCCCCCCCOC(=O)c1ccc(-c2nc(-c3ccc4c(c3)OCO4)c(-c3ccccn3)[nH]2)cc1. The molecule has 1 N–H and O–H groups in total. The van der Waals surface area contributed by atoms with E-state index in [9.17, 15) is 4.79 Å². The number of imidazole rings is 1. The summed E-state index contributed by atoms with van der Waals surface area (Å²) in [6.45, 7) is 2.95. The van der Waals surface area contributed by atoms with Crippen LogP contribution in [0.2, 0.25) is 0 Å². The maximum absolute atomic E-state index is 12.7. The highest BCUT2D eigenvalue weighted by Crippen LogP contribution is 2.39. The van der Waals surface area contributed by atoms with E-state index < -0.39 is 0 Å². The van der Waals surface area contributed by atoms with Gasteiger partial charge in [0.2, 0.25) is 6.79 Å². The van der Waals surface area contributed by atoms with Crippen molar-refractivity contribution in [1.29, 1.82) is 0 Å². The molecule has 0 aliphatic carbocycles. The molecule has 0 atom stereocenters. The van der Waals surface area contributed by atoms with Crippen LogP contribution in [0.25, 0.3) is 34.0 Å². The highest BCUT2D eigenvalue weighted by Gasteiger charge is 2.20. The average Bonchev–Trinajstić information content (AvgIpc) is 3.74. The molecule has 1 aliphatic rings. The van der Waals surface area contributed by atoms with Crippen LogP contribution in [-0.4, -0.2) is 34.3 Å². The Bertz CT molecular complexity index is 1470. The molecule has 1 aliphatic heterocycles. The Labute approximate surface area is 267 Å². The molecule has 3 heterocycles. The lowest BCUT2D eigenvalue weighted by atomic mass is 10.0. The molecule has 0 radical (unpaired) electrons.